The minimum Gasteiger partial charge on any atom is -0.210 e. The lowest BCUT2D eigenvalue weighted by Gasteiger charge is -2.03. The van der Waals surface area contributed by atoms with Crippen LogP contribution in [0.15, 0.2) is 59.7 Å². The average molecular weight is 280 g/mol. The first-order valence-corrected chi connectivity index (χ1v) is 6.12. The maximum Gasteiger partial charge on any atom is 0.158 e. The highest BCUT2D eigenvalue weighted by Crippen LogP contribution is 2.30. The highest BCUT2D eigenvalue weighted by atomic mass is 19.1. The largest absolute Gasteiger partial charge is 0.210 e. The van der Waals surface area contributed by atoms with Gasteiger partial charge in [-0.2, -0.15) is 0 Å². The summed E-state index contributed by atoms with van der Waals surface area (Å²) in [6.45, 7) is 0. The molecule has 0 saturated carbocycles. The lowest BCUT2D eigenvalue weighted by atomic mass is 10.1. The number of hydrogen-bond donors (Lipinski definition) is 0. The molecule has 0 saturated heterocycles. The van der Waals surface area contributed by atoms with Crippen LogP contribution in [0.2, 0.25) is 0 Å². The molecule has 0 amide bonds. The van der Waals surface area contributed by atoms with Gasteiger partial charge in [0.2, 0.25) is 0 Å². The molecule has 7 heteroatoms. The first-order valence-electron chi connectivity index (χ1n) is 6.12. The third kappa shape index (κ3) is 2.45. The molecule has 0 spiro atoms. The van der Waals surface area contributed by atoms with E-state index in [0.717, 1.165) is 5.69 Å². The van der Waals surface area contributed by atoms with E-state index in [0.29, 0.717) is 11.3 Å². The topological polar surface area (TPSA) is 79.5 Å². The third-order valence-corrected chi connectivity index (χ3v) is 2.90. The van der Waals surface area contributed by atoms with Crippen LogP contribution < -0.4 is 0 Å². The molecule has 102 valence electrons. The number of nitrogens with zero attached hydrogens (tertiary/aromatic N) is 6. The first kappa shape index (κ1) is 12.8. The van der Waals surface area contributed by atoms with Gasteiger partial charge in [-0.15, -0.1) is 5.10 Å². The van der Waals surface area contributed by atoms with E-state index >= 15 is 0 Å². The molecule has 1 heterocycles. The summed E-state index contributed by atoms with van der Waals surface area (Å²) in [6.07, 6.45) is 0. The van der Waals surface area contributed by atoms with Crippen molar-refractivity contribution in [2.75, 3.05) is 0 Å². The Morgan fingerprint density at radius 2 is 1.76 bits per heavy atom. The first-order chi connectivity index (χ1) is 10.3. The fraction of sp³-hybridized carbons (Fsp3) is 0. The van der Waals surface area contributed by atoms with Crippen LogP contribution in [-0.4, -0.2) is 15.0 Å². The van der Waals surface area contributed by atoms with E-state index in [9.17, 15) is 4.39 Å². The van der Waals surface area contributed by atoms with Crippen molar-refractivity contribution in [3.63, 3.8) is 0 Å². The predicted molar refractivity (Wildman–Crippen MR) is 75.6 cm³/mol. The van der Waals surface area contributed by atoms with Crippen molar-refractivity contribution in [1.29, 1.82) is 0 Å². The minimum atomic E-state index is -0.348. The molecule has 0 aliphatic carbocycles. The standard InChI is InChI=1S/C14H9FN6/c15-11-8-6-10(7-9-11)13-14(18-19-16)21(20-17-13)12-4-2-1-3-5-12/h1-9H. The Labute approximate surface area is 119 Å². The van der Waals surface area contributed by atoms with E-state index in [4.69, 9.17) is 5.53 Å². The average Bonchev–Trinajstić information content (AvgIpc) is 2.93. The molecule has 6 nitrogen and oxygen atoms in total. The normalized spacial score (nSPS) is 10.1. The molecule has 1 aromatic heterocycles. The number of azide groups is 1. The zero-order valence-electron chi connectivity index (χ0n) is 10.8. The second-order valence-electron chi connectivity index (χ2n) is 4.21. The van der Waals surface area contributed by atoms with Crippen molar-refractivity contribution in [1.82, 2.24) is 15.0 Å². The van der Waals surface area contributed by atoms with Crippen LogP contribution in [0.25, 0.3) is 27.4 Å². The van der Waals surface area contributed by atoms with Gasteiger partial charge in [-0.05, 0) is 47.0 Å². The van der Waals surface area contributed by atoms with Gasteiger partial charge in [-0.3, -0.25) is 0 Å². The summed E-state index contributed by atoms with van der Waals surface area (Å²) < 4.78 is 14.4. The van der Waals surface area contributed by atoms with Gasteiger partial charge in [0.1, 0.15) is 11.5 Å². The monoisotopic (exact) mass is 280 g/mol. The summed E-state index contributed by atoms with van der Waals surface area (Å²) in [7, 11) is 0. The van der Waals surface area contributed by atoms with E-state index in [1.807, 2.05) is 30.3 Å². The predicted octanol–water partition coefficient (Wildman–Crippen LogP) is 4.02. The summed E-state index contributed by atoms with van der Waals surface area (Å²) in [5.74, 6) is -0.0881. The quantitative estimate of drug-likeness (QED) is 0.412. The maximum absolute atomic E-state index is 13.0. The number of benzene rings is 2. The maximum atomic E-state index is 13.0. The lowest BCUT2D eigenvalue weighted by Crippen LogP contribution is -1.95. The molecule has 2 aromatic carbocycles. The molecule has 0 radical (unpaired) electrons. The van der Waals surface area contributed by atoms with Crippen molar-refractivity contribution in [2.24, 2.45) is 5.11 Å². The van der Waals surface area contributed by atoms with Gasteiger partial charge >= 0.3 is 0 Å². The molecule has 0 N–H and O–H groups in total. The Hall–Kier alpha value is -3.18. The molecule has 3 rings (SSSR count). The van der Waals surface area contributed by atoms with Gasteiger partial charge in [0.25, 0.3) is 0 Å². The van der Waals surface area contributed by atoms with Crippen molar-refractivity contribution in [3.05, 3.63) is 70.9 Å². The van der Waals surface area contributed by atoms with E-state index in [2.05, 4.69) is 20.3 Å². The van der Waals surface area contributed by atoms with Crippen LogP contribution in [0.4, 0.5) is 10.2 Å². The Morgan fingerprint density at radius 3 is 2.43 bits per heavy atom. The molecule has 0 atom stereocenters. The number of hydrogen-bond acceptors (Lipinski definition) is 3. The number of aromatic nitrogens is 3. The van der Waals surface area contributed by atoms with E-state index in [-0.39, 0.29) is 11.6 Å². The van der Waals surface area contributed by atoms with Crippen molar-refractivity contribution in [3.8, 4) is 16.9 Å². The van der Waals surface area contributed by atoms with Gasteiger partial charge in [-0.25, -0.2) is 9.07 Å². The van der Waals surface area contributed by atoms with E-state index < -0.39 is 0 Å². The fourth-order valence-electron chi connectivity index (χ4n) is 1.95. The molecule has 0 fully saturated rings. The number of halogens is 1. The minimum absolute atomic E-state index is 0.260. The van der Waals surface area contributed by atoms with Crippen LogP contribution in [0.1, 0.15) is 0 Å². The van der Waals surface area contributed by atoms with Crippen LogP contribution in [0.3, 0.4) is 0 Å². The second kappa shape index (κ2) is 5.44. The van der Waals surface area contributed by atoms with Gasteiger partial charge in [0.15, 0.2) is 5.82 Å². The number of para-hydroxylation sites is 1. The molecule has 0 aliphatic rings. The van der Waals surface area contributed by atoms with Crippen LogP contribution >= 0.6 is 0 Å². The van der Waals surface area contributed by atoms with Gasteiger partial charge < -0.3 is 0 Å². The van der Waals surface area contributed by atoms with Crippen LogP contribution in [-0.2, 0) is 0 Å². The van der Waals surface area contributed by atoms with Crippen molar-refractivity contribution >= 4 is 5.82 Å². The molecule has 21 heavy (non-hydrogen) atoms. The molecular formula is C14H9FN6. The summed E-state index contributed by atoms with van der Waals surface area (Å²) in [5, 5.41) is 11.7. The van der Waals surface area contributed by atoms with E-state index in [1.54, 1.807) is 12.1 Å². The lowest BCUT2D eigenvalue weighted by molar-refractivity contribution is 0.628. The smallest absolute Gasteiger partial charge is 0.158 e. The highest BCUT2D eigenvalue weighted by molar-refractivity contribution is 5.70. The molecule has 0 unspecified atom stereocenters. The molecule has 0 bridgehead atoms. The van der Waals surface area contributed by atoms with Crippen molar-refractivity contribution < 1.29 is 4.39 Å². The third-order valence-electron chi connectivity index (χ3n) is 2.90. The summed E-state index contributed by atoms with van der Waals surface area (Å²) >= 11 is 0. The highest BCUT2D eigenvalue weighted by Gasteiger charge is 2.14. The van der Waals surface area contributed by atoms with Crippen LogP contribution in [0, 0.1) is 5.82 Å². The second-order valence-corrected chi connectivity index (χ2v) is 4.21. The Bertz CT molecular complexity index is 803. The van der Waals surface area contributed by atoms with Gasteiger partial charge in [0, 0.05) is 10.5 Å². The van der Waals surface area contributed by atoms with Crippen molar-refractivity contribution in [2.45, 2.75) is 0 Å². The molecule has 3 aromatic rings. The zero-order valence-corrected chi connectivity index (χ0v) is 10.8. The summed E-state index contributed by atoms with van der Waals surface area (Å²) in [6, 6.07) is 14.9. The molecule has 0 aliphatic heterocycles. The Kier molecular flexibility index (Phi) is 3.32. The zero-order chi connectivity index (χ0) is 14.7. The summed E-state index contributed by atoms with van der Waals surface area (Å²) in [5.41, 5.74) is 10.5. The van der Waals surface area contributed by atoms with E-state index in [1.165, 1.54) is 16.8 Å². The molecular weight excluding hydrogens is 271 g/mol. The fourth-order valence-corrected chi connectivity index (χ4v) is 1.95. The summed E-state index contributed by atoms with van der Waals surface area (Å²) in [4.78, 5) is 2.82. The van der Waals surface area contributed by atoms with Crippen LogP contribution in [0.5, 0.6) is 0 Å². The van der Waals surface area contributed by atoms with Gasteiger partial charge in [-0.1, -0.05) is 23.4 Å². The SMILES string of the molecule is [N-]=[N+]=Nc1c(-c2ccc(F)cc2)nnn1-c1ccccc1. The number of rotatable bonds is 3. The van der Waals surface area contributed by atoms with Gasteiger partial charge in [0.05, 0.1) is 5.69 Å². The Balaban J connectivity index is 2.17. The Morgan fingerprint density at radius 1 is 1.05 bits per heavy atom.